The highest BCUT2D eigenvalue weighted by Crippen LogP contribution is 2.03. The summed E-state index contributed by atoms with van der Waals surface area (Å²) in [5.74, 6) is 0. The summed E-state index contributed by atoms with van der Waals surface area (Å²) in [4.78, 5) is 0. The van der Waals surface area contributed by atoms with E-state index in [0.717, 1.165) is 12.8 Å². The predicted molar refractivity (Wildman–Crippen MR) is 51.7 cm³/mol. The van der Waals surface area contributed by atoms with Crippen LogP contribution in [0.25, 0.3) is 0 Å². The van der Waals surface area contributed by atoms with Gasteiger partial charge in [0.05, 0.1) is 12.2 Å². The Morgan fingerprint density at radius 2 is 1.30 bits per heavy atom. The standard InChI is InChI=1S/C8H18O.H3P/c1-5-7(3)9-8(4)6-2;/h7-8H,5-6H2,1-4H3;1H3. The van der Waals surface area contributed by atoms with Crippen molar-refractivity contribution >= 4 is 9.90 Å². The third-order valence-electron chi connectivity index (χ3n) is 1.61. The summed E-state index contributed by atoms with van der Waals surface area (Å²) in [7, 11) is 0. The lowest BCUT2D eigenvalue weighted by molar-refractivity contribution is 0.00511. The molecule has 3 unspecified atom stereocenters. The topological polar surface area (TPSA) is 9.23 Å². The van der Waals surface area contributed by atoms with Gasteiger partial charge in [0.1, 0.15) is 0 Å². The van der Waals surface area contributed by atoms with Crippen molar-refractivity contribution in [1.82, 2.24) is 0 Å². The van der Waals surface area contributed by atoms with Crippen molar-refractivity contribution < 1.29 is 4.74 Å². The van der Waals surface area contributed by atoms with Crippen molar-refractivity contribution in [3.8, 4) is 0 Å². The average molecular weight is 164 g/mol. The van der Waals surface area contributed by atoms with Gasteiger partial charge in [-0.25, -0.2) is 0 Å². The van der Waals surface area contributed by atoms with E-state index in [1.54, 1.807) is 0 Å². The van der Waals surface area contributed by atoms with E-state index < -0.39 is 0 Å². The molecule has 0 saturated heterocycles. The lowest BCUT2D eigenvalue weighted by Gasteiger charge is -2.15. The third kappa shape index (κ3) is 6.51. The van der Waals surface area contributed by atoms with E-state index in [0.29, 0.717) is 12.2 Å². The normalized spacial score (nSPS) is 15.6. The van der Waals surface area contributed by atoms with Gasteiger partial charge in [0.25, 0.3) is 0 Å². The number of rotatable bonds is 4. The van der Waals surface area contributed by atoms with Crippen LogP contribution in [0, 0.1) is 0 Å². The smallest absolute Gasteiger partial charge is 0.0548 e. The van der Waals surface area contributed by atoms with Crippen molar-refractivity contribution in [2.45, 2.75) is 52.7 Å². The minimum Gasteiger partial charge on any atom is -0.376 e. The zero-order valence-corrected chi connectivity index (χ0v) is 9.10. The molecule has 0 fully saturated rings. The Morgan fingerprint density at radius 3 is 1.50 bits per heavy atom. The Kier molecular flexibility index (Phi) is 9.76. The Balaban J connectivity index is 0. The van der Waals surface area contributed by atoms with E-state index in [2.05, 4.69) is 27.7 Å². The fourth-order valence-electron chi connectivity index (χ4n) is 0.589. The molecule has 64 valence electrons. The molecule has 0 bridgehead atoms. The van der Waals surface area contributed by atoms with E-state index in [-0.39, 0.29) is 9.90 Å². The quantitative estimate of drug-likeness (QED) is 0.580. The molecule has 0 saturated carbocycles. The fourth-order valence-corrected chi connectivity index (χ4v) is 0.589. The molecular weight excluding hydrogens is 143 g/mol. The van der Waals surface area contributed by atoms with Crippen molar-refractivity contribution in [3.05, 3.63) is 0 Å². The van der Waals surface area contributed by atoms with Crippen molar-refractivity contribution in [1.29, 1.82) is 0 Å². The molecule has 0 aliphatic heterocycles. The second-order valence-corrected chi connectivity index (χ2v) is 2.57. The molecule has 0 aliphatic rings. The summed E-state index contributed by atoms with van der Waals surface area (Å²) in [5.41, 5.74) is 0. The van der Waals surface area contributed by atoms with E-state index in [9.17, 15) is 0 Å². The van der Waals surface area contributed by atoms with Crippen LogP contribution in [0.15, 0.2) is 0 Å². The minimum absolute atomic E-state index is 0. The van der Waals surface area contributed by atoms with E-state index in [1.165, 1.54) is 0 Å². The molecule has 0 aromatic heterocycles. The zero-order chi connectivity index (χ0) is 7.28. The SMILES string of the molecule is CCC(C)OC(C)CC.P. The van der Waals surface area contributed by atoms with Crippen LogP contribution in [-0.4, -0.2) is 12.2 Å². The van der Waals surface area contributed by atoms with Gasteiger partial charge in [0.15, 0.2) is 0 Å². The van der Waals surface area contributed by atoms with Crippen LogP contribution in [0.3, 0.4) is 0 Å². The van der Waals surface area contributed by atoms with Gasteiger partial charge in [-0.05, 0) is 26.7 Å². The van der Waals surface area contributed by atoms with Crippen LogP contribution in [0.1, 0.15) is 40.5 Å². The van der Waals surface area contributed by atoms with Gasteiger partial charge in [-0.3, -0.25) is 0 Å². The van der Waals surface area contributed by atoms with Crippen molar-refractivity contribution in [3.63, 3.8) is 0 Å². The van der Waals surface area contributed by atoms with Gasteiger partial charge in [-0.1, -0.05) is 13.8 Å². The average Bonchev–Trinajstić information content (AvgIpc) is 1.87. The van der Waals surface area contributed by atoms with Crippen LogP contribution in [0.5, 0.6) is 0 Å². The van der Waals surface area contributed by atoms with Gasteiger partial charge >= 0.3 is 0 Å². The summed E-state index contributed by atoms with van der Waals surface area (Å²) in [5, 5.41) is 0. The van der Waals surface area contributed by atoms with Gasteiger partial charge in [-0.15, -0.1) is 0 Å². The van der Waals surface area contributed by atoms with Gasteiger partial charge in [-0.2, -0.15) is 9.90 Å². The zero-order valence-electron chi connectivity index (χ0n) is 7.68. The van der Waals surface area contributed by atoms with Crippen molar-refractivity contribution in [2.75, 3.05) is 0 Å². The minimum atomic E-state index is 0. The molecular formula is C8H21OP. The second kappa shape index (κ2) is 7.50. The van der Waals surface area contributed by atoms with Crippen LogP contribution < -0.4 is 0 Å². The van der Waals surface area contributed by atoms with Gasteiger partial charge in [0.2, 0.25) is 0 Å². The summed E-state index contributed by atoms with van der Waals surface area (Å²) < 4.78 is 5.55. The summed E-state index contributed by atoms with van der Waals surface area (Å²) in [6.07, 6.45) is 3.09. The second-order valence-electron chi connectivity index (χ2n) is 2.57. The number of ether oxygens (including phenoxy) is 1. The molecule has 0 heterocycles. The molecule has 0 N–H and O–H groups in total. The lowest BCUT2D eigenvalue weighted by Crippen LogP contribution is -2.14. The van der Waals surface area contributed by atoms with Crippen LogP contribution in [0.4, 0.5) is 0 Å². The third-order valence-corrected chi connectivity index (χ3v) is 1.61. The first-order chi connectivity index (χ1) is 4.20. The molecule has 0 spiro atoms. The first kappa shape index (κ1) is 13.0. The van der Waals surface area contributed by atoms with Crippen LogP contribution in [0.2, 0.25) is 0 Å². The maximum atomic E-state index is 5.55. The summed E-state index contributed by atoms with van der Waals surface area (Å²) >= 11 is 0. The maximum Gasteiger partial charge on any atom is 0.0548 e. The number of hydrogen-bond acceptors (Lipinski definition) is 1. The Bertz CT molecular complexity index is 58.3. The van der Waals surface area contributed by atoms with E-state index >= 15 is 0 Å². The Labute approximate surface area is 68.2 Å². The summed E-state index contributed by atoms with van der Waals surface area (Å²) in [6, 6.07) is 0. The largest absolute Gasteiger partial charge is 0.376 e. The fraction of sp³-hybridized carbons (Fsp3) is 1.00. The molecule has 0 amide bonds. The van der Waals surface area contributed by atoms with Crippen LogP contribution in [-0.2, 0) is 4.74 Å². The monoisotopic (exact) mass is 164 g/mol. The first-order valence-electron chi connectivity index (χ1n) is 3.86. The first-order valence-corrected chi connectivity index (χ1v) is 3.86. The van der Waals surface area contributed by atoms with E-state index in [4.69, 9.17) is 4.74 Å². The van der Waals surface area contributed by atoms with Crippen molar-refractivity contribution in [2.24, 2.45) is 0 Å². The molecule has 2 heteroatoms. The maximum absolute atomic E-state index is 5.55. The highest BCUT2D eigenvalue weighted by molar-refractivity contribution is 6.92. The van der Waals surface area contributed by atoms with Crippen LogP contribution >= 0.6 is 9.90 Å². The molecule has 0 aromatic carbocycles. The van der Waals surface area contributed by atoms with E-state index in [1.807, 2.05) is 0 Å². The summed E-state index contributed by atoms with van der Waals surface area (Å²) in [6.45, 7) is 8.53. The molecule has 0 aromatic rings. The molecule has 0 aliphatic carbocycles. The number of hydrogen-bond donors (Lipinski definition) is 0. The predicted octanol–water partition coefficient (Wildman–Crippen LogP) is 2.66. The van der Waals surface area contributed by atoms with Gasteiger partial charge < -0.3 is 4.74 Å². The molecule has 3 atom stereocenters. The Morgan fingerprint density at radius 1 is 1.00 bits per heavy atom. The lowest BCUT2D eigenvalue weighted by atomic mass is 10.3. The highest BCUT2D eigenvalue weighted by atomic mass is 31.0. The molecule has 0 radical (unpaired) electrons. The molecule has 1 nitrogen and oxygen atoms in total. The van der Waals surface area contributed by atoms with Gasteiger partial charge in [0, 0.05) is 0 Å². The molecule has 10 heavy (non-hydrogen) atoms. The Hall–Kier alpha value is 0.390. The molecule has 0 rings (SSSR count). The highest BCUT2D eigenvalue weighted by Gasteiger charge is 2.02.